The predicted molar refractivity (Wildman–Crippen MR) is 116 cm³/mol. The summed E-state index contributed by atoms with van der Waals surface area (Å²) < 4.78 is 10.6. The van der Waals surface area contributed by atoms with E-state index < -0.39 is 17.8 Å². The van der Waals surface area contributed by atoms with Crippen LogP contribution in [0.3, 0.4) is 0 Å². The van der Waals surface area contributed by atoms with Crippen molar-refractivity contribution in [3.05, 3.63) is 53.2 Å². The fourth-order valence-corrected chi connectivity index (χ4v) is 3.51. The lowest BCUT2D eigenvalue weighted by molar-refractivity contribution is 0.0634. The lowest BCUT2D eigenvalue weighted by Gasteiger charge is -2.36. The summed E-state index contributed by atoms with van der Waals surface area (Å²) in [5.74, 6) is 0.534. The highest BCUT2D eigenvalue weighted by Gasteiger charge is 2.33. The summed E-state index contributed by atoms with van der Waals surface area (Å²) in [5.41, 5.74) is 2.04. The summed E-state index contributed by atoms with van der Waals surface area (Å²) >= 11 is 0. The van der Waals surface area contributed by atoms with Gasteiger partial charge in [-0.2, -0.15) is 0 Å². The number of nitrogens with one attached hydrogen (secondary N) is 1. The van der Waals surface area contributed by atoms with Crippen LogP contribution < -0.4 is 5.32 Å². The van der Waals surface area contributed by atoms with Crippen molar-refractivity contribution in [1.29, 1.82) is 0 Å². The highest BCUT2D eigenvalue weighted by Crippen LogP contribution is 2.33. The summed E-state index contributed by atoms with van der Waals surface area (Å²) in [6.07, 6.45) is 0.145. The van der Waals surface area contributed by atoms with Gasteiger partial charge in [0.25, 0.3) is 0 Å². The average molecular weight is 428 g/mol. The number of ether oxygens (including phenoxy) is 2. The normalized spacial score (nSPS) is 15.7. The average Bonchev–Trinajstić information content (AvgIpc) is 2.68. The molecule has 3 rings (SSSR count). The molecule has 0 aliphatic carbocycles. The van der Waals surface area contributed by atoms with Gasteiger partial charge in [-0.3, -0.25) is 10.2 Å². The molecule has 0 radical (unpaired) electrons. The van der Waals surface area contributed by atoms with Gasteiger partial charge in [0.15, 0.2) is 0 Å². The van der Waals surface area contributed by atoms with E-state index in [1.165, 1.54) is 0 Å². The van der Waals surface area contributed by atoms with Crippen molar-refractivity contribution in [2.45, 2.75) is 52.2 Å². The molecule has 0 bridgehead atoms. The summed E-state index contributed by atoms with van der Waals surface area (Å²) in [6, 6.07) is 10.1. The molecule has 2 heterocycles. The molecule has 8 heteroatoms. The van der Waals surface area contributed by atoms with E-state index in [0.29, 0.717) is 30.9 Å². The Hall–Kier alpha value is -3.29. The molecule has 1 aromatic carbocycles. The number of phenolic OH excluding ortho intramolecular Hbond substituents is 1. The number of benzene rings is 1. The molecule has 1 aliphatic rings. The maximum atomic E-state index is 12.6. The minimum Gasteiger partial charge on any atom is -0.508 e. The molecule has 0 saturated heterocycles. The first-order valence-corrected chi connectivity index (χ1v) is 10.4. The van der Waals surface area contributed by atoms with Gasteiger partial charge in [0.05, 0.1) is 18.3 Å². The number of anilines is 1. The van der Waals surface area contributed by atoms with E-state index in [0.717, 1.165) is 11.1 Å². The number of hydrogen-bond acceptors (Lipinski definition) is 6. The molecular formula is C23H29N3O5. The third-order valence-electron chi connectivity index (χ3n) is 4.82. The number of aromatic hydroxyl groups is 1. The Bertz CT molecular complexity index is 937. The molecule has 1 aliphatic heterocycles. The number of rotatable bonds is 4. The monoisotopic (exact) mass is 427 g/mol. The molecule has 31 heavy (non-hydrogen) atoms. The van der Waals surface area contributed by atoms with Crippen LogP contribution in [0.2, 0.25) is 0 Å². The van der Waals surface area contributed by atoms with Gasteiger partial charge >= 0.3 is 12.2 Å². The van der Waals surface area contributed by atoms with Crippen molar-refractivity contribution >= 4 is 18.0 Å². The molecule has 2 amide bonds. The second kappa shape index (κ2) is 9.24. The zero-order valence-corrected chi connectivity index (χ0v) is 18.3. The Morgan fingerprint density at radius 3 is 2.55 bits per heavy atom. The number of nitrogens with zero attached hydrogens (tertiary/aromatic N) is 2. The summed E-state index contributed by atoms with van der Waals surface area (Å²) in [7, 11) is 0. The van der Waals surface area contributed by atoms with E-state index in [1.54, 1.807) is 50.8 Å². The molecule has 0 saturated carbocycles. The van der Waals surface area contributed by atoms with Crippen LogP contribution in [0.5, 0.6) is 5.75 Å². The van der Waals surface area contributed by atoms with Gasteiger partial charge in [-0.15, -0.1) is 0 Å². The second-order valence-electron chi connectivity index (χ2n) is 8.40. The smallest absolute Gasteiger partial charge is 0.413 e. The number of carbonyl (C=O) groups excluding carboxylic acids is 2. The molecular weight excluding hydrogens is 398 g/mol. The molecule has 2 aromatic rings. The van der Waals surface area contributed by atoms with Gasteiger partial charge in [-0.1, -0.05) is 18.2 Å². The maximum absolute atomic E-state index is 12.6. The van der Waals surface area contributed by atoms with Gasteiger partial charge < -0.3 is 14.6 Å². The first kappa shape index (κ1) is 22.4. The number of carbonyl (C=O) groups is 2. The highest BCUT2D eigenvalue weighted by molar-refractivity contribution is 5.83. The van der Waals surface area contributed by atoms with Crippen LogP contribution in [0, 0.1) is 0 Å². The zero-order chi connectivity index (χ0) is 22.6. The Labute approximate surface area is 182 Å². The van der Waals surface area contributed by atoms with Crippen LogP contribution in [-0.2, 0) is 22.3 Å². The Balaban J connectivity index is 1.91. The van der Waals surface area contributed by atoms with E-state index in [4.69, 9.17) is 9.47 Å². The SMILES string of the molecule is CCOC(=O)N1CCc2ccc(NC(=O)OC(C)(C)C)nc2C1Cc1ccc(O)cc1. The molecule has 8 nitrogen and oxygen atoms in total. The number of amides is 2. The summed E-state index contributed by atoms with van der Waals surface area (Å²) in [4.78, 5) is 31.1. The molecule has 0 spiro atoms. The number of phenols is 1. The molecule has 166 valence electrons. The quantitative estimate of drug-likeness (QED) is 0.748. The molecule has 2 N–H and O–H groups in total. The third kappa shape index (κ3) is 5.87. The van der Waals surface area contributed by atoms with Gasteiger partial charge in [-0.05, 0) is 69.9 Å². The van der Waals surface area contributed by atoms with Crippen LogP contribution in [0.1, 0.15) is 50.6 Å². The minimum atomic E-state index is -0.625. The maximum Gasteiger partial charge on any atom is 0.413 e. The van der Waals surface area contributed by atoms with E-state index in [-0.39, 0.29) is 18.4 Å². The van der Waals surface area contributed by atoms with Crippen molar-refractivity contribution in [2.75, 3.05) is 18.5 Å². The first-order chi connectivity index (χ1) is 14.7. The molecule has 1 atom stereocenters. The van der Waals surface area contributed by atoms with Crippen LogP contribution in [-0.4, -0.2) is 45.9 Å². The van der Waals surface area contributed by atoms with Gasteiger partial charge in [-0.25, -0.2) is 14.6 Å². The predicted octanol–water partition coefficient (Wildman–Crippen LogP) is 4.43. The van der Waals surface area contributed by atoms with Crippen molar-refractivity contribution in [3.63, 3.8) is 0 Å². The molecule has 0 fully saturated rings. The van der Waals surface area contributed by atoms with Gasteiger partial charge in [0.1, 0.15) is 17.2 Å². The Kier molecular flexibility index (Phi) is 6.68. The molecule has 1 aromatic heterocycles. The van der Waals surface area contributed by atoms with E-state index in [2.05, 4.69) is 10.3 Å². The minimum absolute atomic E-state index is 0.178. The van der Waals surface area contributed by atoms with Crippen molar-refractivity contribution in [3.8, 4) is 5.75 Å². The number of pyridine rings is 1. The largest absolute Gasteiger partial charge is 0.508 e. The fourth-order valence-electron chi connectivity index (χ4n) is 3.51. The summed E-state index contributed by atoms with van der Waals surface area (Å²) in [5, 5.41) is 12.3. The molecule has 1 unspecified atom stereocenters. The number of aromatic nitrogens is 1. The first-order valence-electron chi connectivity index (χ1n) is 10.4. The van der Waals surface area contributed by atoms with Gasteiger partial charge in [0.2, 0.25) is 0 Å². The van der Waals surface area contributed by atoms with Crippen LogP contribution >= 0.6 is 0 Å². The Morgan fingerprint density at radius 2 is 1.90 bits per heavy atom. The topological polar surface area (TPSA) is 101 Å². The van der Waals surface area contributed by atoms with Crippen molar-refractivity contribution < 1.29 is 24.2 Å². The van der Waals surface area contributed by atoms with Crippen LogP contribution in [0.4, 0.5) is 15.4 Å². The lowest BCUT2D eigenvalue weighted by atomic mass is 9.93. The van der Waals surface area contributed by atoms with Crippen LogP contribution in [0.25, 0.3) is 0 Å². The zero-order valence-electron chi connectivity index (χ0n) is 18.3. The lowest BCUT2D eigenvalue weighted by Crippen LogP contribution is -2.42. The van der Waals surface area contributed by atoms with Crippen molar-refractivity contribution in [2.24, 2.45) is 0 Å². The van der Waals surface area contributed by atoms with E-state index >= 15 is 0 Å². The summed E-state index contributed by atoms with van der Waals surface area (Å²) in [6.45, 7) is 7.93. The third-order valence-corrected chi connectivity index (χ3v) is 4.82. The second-order valence-corrected chi connectivity index (χ2v) is 8.40. The van der Waals surface area contributed by atoms with E-state index in [1.807, 2.05) is 18.2 Å². The highest BCUT2D eigenvalue weighted by atomic mass is 16.6. The van der Waals surface area contributed by atoms with Crippen molar-refractivity contribution in [1.82, 2.24) is 9.88 Å². The Morgan fingerprint density at radius 1 is 1.19 bits per heavy atom. The standard InChI is InChI=1S/C23H29N3O5/c1-5-30-22(29)26-13-12-16-8-11-19(25-21(28)31-23(2,3)4)24-20(16)18(26)14-15-6-9-17(27)10-7-15/h6-11,18,27H,5,12-14H2,1-4H3,(H,24,25,28). The van der Waals surface area contributed by atoms with E-state index in [9.17, 15) is 14.7 Å². The van der Waals surface area contributed by atoms with Crippen LogP contribution in [0.15, 0.2) is 36.4 Å². The fraction of sp³-hybridized carbons (Fsp3) is 0.435. The number of hydrogen-bond donors (Lipinski definition) is 2. The van der Waals surface area contributed by atoms with Gasteiger partial charge in [0, 0.05) is 6.54 Å². The number of fused-ring (bicyclic) bond motifs is 1.